The summed E-state index contributed by atoms with van der Waals surface area (Å²) in [5.41, 5.74) is 0.995. The van der Waals surface area contributed by atoms with Crippen molar-refractivity contribution >= 4 is 17.4 Å². The first-order valence-electron chi connectivity index (χ1n) is 9.10. The van der Waals surface area contributed by atoms with E-state index in [9.17, 15) is 4.79 Å². The Morgan fingerprint density at radius 1 is 1.35 bits per heavy atom. The summed E-state index contributed by atoms with van der Waals surface area (Å²) in [4.78, 5) is 15.4. The van der Waals surface area contributed by atoms with Crippen molar-refractivity contribution in [2.24, 2.45) is 0 Å². The van der Waals surface area contributed by atoms with Gasteiger partial charge in [0.15, 0.2) is 0 Å². The number of thiophene rings is 1. The number of hydrogen-bond acceptors (Lipinski definition) is 5. The minimum Gasteiger partial charge on any atom is -0.445 e. The van der Waals surface area contributed by atoms with Crippen LogP contribution < -0.4 is 5.32 Å². The van der Waals surface area contributed by atoms with Crippen LogP contribution in [0.2, 0.25) is 0 Å². The highest BCUT2D eigenvalue weighted by Gasteiger charge is 2.26. The Labute approximate surface area is 158 Å². The zero-order valence-corrected chi connectivity index (χ0v) is 15.9. The lowest BCUT2D eigenvalue weighted by Gasteiger charge is -2.33. The number of rotatable bonds is 7. The number of morpholine rings is 1. The maximum Gasteiger partial charge on any atom is 0.410 e. The molecule has 2 unspecified atom stereocenters. The normalized spacial score (nSPS) is 18.5. The highest BCUT2D eigenvalue weighted by atomic mass is 32.1. The van der Waals surface area contributed by atoms with Crippen molar-refractivity contribution in [3.63, 3.8) is 0 Å². The van der Waals surface area contributed by atoms with Crippen LogP contribution in [-0.4, -0.2) is 43.3 Å². The van der Waals surface area contributed by atoms with E-state index in [4.69, 9.17) is 9.47 Å². The van der Waals surface area contributed by atoms with E-state index in [0.717, 1.165) is 18.5 Å². The van der Waals surface area contributed by atoms with Crippen LogP contribution in [-0.2, 0) is 16.1 Å². The van der Waals surface area contributed by atoms with Gasteiger partial charge >= 0.3 is 6.09 Å². The van der Waals surface area contributed by atoms with E-state index in [-0.39, 0.29) is 12.2 Å². The van der Waals surface area contributed by atoms with Gasteiger partial charge in [0.2, 0.25) is 0 Å². The molecule has 3 rings (SSSR count). The topological polar surface area (TPSA) is 50.8 Å². The fraction of sp³-hybridized carbons (Fsp3) is 0.450. The second-order valence-corrected chi connectivity index (χ2v) is 7.34. The molecular formula is C20H26N2O3S. The Balaban J connectivity index is 1.45. The summed E-state index contributed by atoms with van der Waals surface area (Å²) >= 11 is 1.76. The van der Waals surface area contributed by atoms with Gasteiger partial charge in [-0.25, -0.2) is 4.79 Å². The fourth-order valence-corrected chi connectivity index (χ4v) is 3.91. The first kappa shape index (κ1) is 18.9. The number of nitrogens with one attached hydrogen (secondary N) is 1. The van der Waals surface area contributed by atoms with Gasteiger partial charge in [0.1, 0.15) is 6.61 Å². The molecule has 1 saturated heterocycles. The number of carbonyl (C=O) groups is 1. The Morgan fingerprint density at radius 3 is 2.92 bits per heavy atom. The number of amides is 1. The van der Waals surface area contributed by atoms with Crippen molar-refractivity contribution < 1.29 is 14.3 Å². The molecule has 1 fully saturated rings. The third-order valence-electron chi connectivity index (χ3n) is 4.49. The van der Waals surface area contributed by atoms with E-state index in [0.29, 0.717) is 32.3 Å². The van der Waals surface area contributed by atoms with E-state index < -0.39 is 0 Å². The van der Waals surface area contributed by atoms with Crippen LogP contribution in [0.4, 0.5) is 4.79 Å². The van der Waals surface area contributed by atoms with Crippen LogP contribution >= 0.6 is 11.3 Å². The first-order valence-corrected chi connectivity index (χ1v) is 9.98. The van der Waals surface area contributed by atoms with Crippen molar-refractivity contribution in [3.8, 4) is 0 Å². The Kier molecular flexibility index (Phi) is 7.05. The molecule has 6 heteroatoms. The van der Waals surface area contributed by atoms with Gasteiger partial charge in [-0.1, -0.05) is 43.3 Å². The summed E-state index contributed by atoms with van der Waals surface area (Å²) in [7, 11) is 0. The summed E-state index contributed by atoms with van der Waals surface area (Å²) < 4.78 is 11.3. The van der Waals surface area contributed by atoms with Gasteiger partial charge in [-0.15, -0.1) is 11.3 Å². The van der Waals surface area contributed by atoms with E-state index in [1.54, 1.807) is 16.2 Å². The average molecular weight is 375 g/mol. The minimum absolute atomic E-state index is 0.0120. The summed E-state index contributed by atoms with van der Waals surface area (Å²) in [6.07, 6.45) is 0.741. The molecule has 0 radical (unpaired) electrons. The predicted molar refractivity (Wildman–Crippen MR) is 103 cm³/mol. The summed E-state index contributed by atoms with van der Waals surface area (Å²) in [6, 6.07) is 14.3. The van der Waals surface area contributed by atoms with Crippen LogP contribution in [0.3, 0.4) is 0 Å². The molecule has 1 N–H and O–H groups in total. The van der Waals surface area contributed by atoms with Gasteiger partial charge in [0.05, 0.1) is 19.3 Å². The van der Waals surface area contributed by atoms with Crippen LogP contribution in [0.1, 0.15) is 29.8 Å². The van der Waals surface area contributed by atoms with Crippen molar-refractivity contribution in [2.75, 3.05) is 26.2 Å². The maximum atomic E-state index is 12.3. The van der Waals surface area contributed by atoms with E-state index in [2.05, 4.69) is 29.8 Å². The summed E-state index contributed by atoms with van der Waals surface area (Å²) in [6.45, 7) is 4.87. The molecular weight excluding hydrogens is 348 g/mol. The number of benzene rings is 1. The molecule has 1 aliphatic heterocycles. The smallest absolute Gasteiger partial charge is 0.410 e. The Morgan fingerprint density at radius 2 is 2.19 bits per heavy atom. The van der Waals surface area contributed by atoms with Gasteiger partial charge in [0, 0.05) is 24.0 Å². The molecule has 0 saturated carbocycles. The second-order valence-electron chi connectivity index (χ2n) is 6.36. The van der Waals surface area contributed by atoms with Crippen molar-refractivity contribution in [1.82, 2.24) is 10.2 Å². The lowest BCUT2D eigenvalue weighted by molar-refractivity contribution is -0.0280. The van der Waals surface area contributed by atoms with Gasteiger partial charge < -0.3 is 19.7 Å². The number of ether oxygens (including phenoxy) is 2. The molecule has 0 spiro atoms. The molecule has 0 aliphatic carbocycles. The lowest BCUT2D eigenvalue weighted by atomic mass is 10.1. The van der Waals surface area contributed by atoms with E-state index >= 15 is 0 Å². The van der Waals surface area contributed by atoms with Gasteiger partial charge in [-0.2, -0.15) is 0 Å². The first-order chi connectivity index (χ1) is 12.8. The molecule has 2 aromatic rings. The highest BCUT2D eigenvalue weighted by Crippen LogP contribution is 2.21. The Bertz CT molecular complexity index is 663. The quantitative estimate of drug-likeness (QED) is 0.800. The zero-order chi connectivity index (χ0) is 18.2. The molecule has 0 bridgehead atoms. The van der Waals surface area contributed by atoms with E-state index in [1.807, 2.05) is 30.3 Å². The second kappa shape index (κ2) is 9.71. The Hall–Kier alpha value is -1.89. The van der Waals surface area contributed by atoms with Crippen molar-refractivity contribution in [3.05, 3.63) is 58.3 Å². The standard InChI is InChI=1S/C20H26N2O3S/c1-2-18(19-9-6-12-26-19)21-13-17-14-22(10-11-24-17)20(23)25-15-16-7-4-3-5-8-16/h3-9,12,17-18,21H,2,10-11,13-15H2,1H3. The average Bonchev–Trinajstić information content (AvgIpc) is 3.22. The number of carbonyl (C=O) groups excluding carboxylic acids is 1. The molecule has 140 valence electrons. The van der Waals surface area contributed by atoms with Gasteiger partial charge in [0.25, 0.3) is 0 Å². The van der Waals surface area contributed by atoms with Crippen LogP contribution in [0.15, 0.2) is 47.8 Å². The number of hydrogen-bond donors (Lipinski definition) is 1. The molecule has 26 heavy (non-hydrogen) atoms. The molecule has 1 aliphatic rings. The van der Waals surface area contributed by atoms with Crippen LogP contribution in [0.25, 0.3) is 0 Å². The van der Waals surface area contributed by atoms with Crippen molar-refractivity contribution in [1.29, 1.82) is 0 Å². The third-order valence-corrected chi connectivity index (χ3v) is 5.47. The lowest BCUT2D eigenvalue weighted by Crippen LogP contribution is -2.49. The van der Waals surface area contributed by atoms with E-state index in [1.165, 1.54) is 4.88 Å². The fourth-order valence-electron chi connectivity index (χ4n) is 3.03. The van der Waals surface area contributed by atoms with Gasteiger partial charge in [-0.3, -0.25) is 0 Å². The number of nitrogens with zero attached hydrogens (tertiary/aromatic N) is 1. The minimum atomic E-state index is -0.271. The monoisotopic (exact) mass is 374 g/mol. The molecule has 2 heterocycles. The van der Waals surface area contributed by atoms with Crippen molar-refractivity contribution in [2.45, 2.75) is 32.1 Å². The molecule has 5 nitrogen and oxygen atoms in total. The molecule has 1 aromatic carbocycles. The predicted octanol–water partition coefficient (Wildman–Crippen LogP) is 3.83. The maximum absolute atomic E-state index is 12.3. The van der Waals surface area contributed by atoms with Crippen LogP contribution in [0, 0.1) is 0 Å². The molecule has 1 aromatic heterocycles. The SMILES string of the molecule is CCC(NCC1CN(C(=O)OCc2ccccc2)CCO1)c1cccs1. The molecule has 2 atom stereocenters. The summed E-state index contributed by atoms with van der Waals surface area (Å²) in [5, 5.41) is 5.66. The summed E-state index contributed by atoms with van der Waals surface area (Å²) in [5.74, 6) is 0. The highest BCUT2D eigenvalue weighted by molar-refractivity contribution is 7.10. The zero-order valence-electron chi connectivity index (χ0n) is 15.1. The van der Waals surface area contributed by atoms with Gasteiger partial charge in [-0.05, 0) is 23.4 Å². The third kappa shape index (κ3) is 5.30. The largest absolute Gasteiger partial charge is 0.445 e. The van der Waals surface area contributed by atoms with Crippen LogP contribution in [0.5, 0.6) is 0 Å². The molecule has 1 amide bonds.